The zero-order valence-electron chi connectivity index (χ0n) is 17.5. The van der Waals surface area contributed by atoms with Crippen LogP contribution in [0.25, 0.3) is 0 Å². The summed E-state index contributed by atoms with van der Waals surface area (Å²) in [6, 6.07) is 11.9. The van der Waals surface area contributed by atoms with Gasteiger partial charge in [0.2, 0.25) is 10.0 Å². The van der Waals surface area contributed by atoms with Crippen molar-refractivity contribution in [3.63, 3.8) is 0 Å². The molecule has 0 radical (unpaired) electrons. The van der Waals surface area contributed by atoms with Gasteiger partial charge in [-0.3, -0.25) is 9.52 Å². The lowest BCUT2D eigenvalue weighted by Crippen LogP contribution is -2.43. The third-order valence-electron chi connectivity index (χ3n) is 4.76. The van der Waals surface area contributed by atoms with Gasteiger partial charge in [0.1, 0.15) is 5.75 Å². The molecule has 12 heteroatoms. The smallest absolute Gasteiger partial charge is 0.261 e. The number of ether oxygens (including phenoxy) is 2. The third-order valence-corrected chi connectivity index (χ3v) is 8.01. The Bertz CT molecular complexity index is 1140. The number of carbonyl (C=O) groups excluding carboxylic acids is 1. The summed E-state index contributed by atoms with van der Waals surface area (Å²) in [6.45, 7) is 1.17. The Balaban J connectivity index is 1.62. The Kier molecular flexibility index (Phi) is 7.72. The lowest BCUT2D eigenvalue weighted by atomic mass is 10.2. The number of amides is 1. The van der Waals surface area contributed by atoms with Gasteiger partial charge in [-0.1, -0.05) is 6.07 Å². The van der Waals surface area contributed by atoms with Crippen LogP contribution in [0.2, 0.25) is 0 Å². The number of carbonyl (C=O) groups is 1. The molecule has 1 fully saturated rings. The predicted molar refractivity (Wildman–Crippen MR) is 119 cm³/mol. The van der Waals surface area contributed by atoms with Crippen LogP contribution in [0.1, 0.15) is 10.4 Å². The van der Waals surface area contributed by atoms with E-state index in [2.05, 4.69) is 10.0 Å². The first-order valence-corrected chi connectivity index (χ1v) is 12.9. The highest BCUT2D eigenvalue weighted by molar-refractivity contribution is 7.92. The van der Waals surface area contributed by atoms with Gasteiger partial charge in [0.05, 0.1) is 31.0 Å². The molecule has 1 saturated heterocycles. The van der Waals surface area contributed by atoms with Crippen LogP contribution in [0.3, 0.4) is 0 Å². The van der Waals surface area contributed by atoms with E-state index in [0.717, 1.165) is 0 Å². The van der Waals surface area contributed by atoms with Gasteiger partial charge in [0, 0.05) is 30.9 Å². The molecule has 1 amide bonds. The monoisotopic (exact) mass is 483 g/mol. The van der Waals surface area contributed by atoms with E-state index in [-0.39, 0.29) is 35.8 Å². The first-order valence-electron chi connectivity index (χ1n) is 9.82. The summed E-state index contributed by atoms with van der Waals surface area (Å²) in [4.78, 5) is 12.4. The van der Waals surface area contributed by atoms with Gasteiger partial charge < -0.3 is 14.8 Å². The fraction of sp³-hybridized carbons (Fsp3) is 0.350. The zero-order valence-corrected chi connectivity index (χ0v) is 19.1. The van der Waals surface area contributed by atoms with E-state index < -0.39 is 26.0 Å². The third kappa shape index (κ3) is 6.19. The number of morpholine rings is 1. The van der Waals surface area contributed by atoms with E-state index in [1.165, 1.54) is 35.7 Å². The molecule has 0 bridgehead atoms. The average molecular weight is 484 g/mol. The molecule has 0 aromatic heterocycles. The number of rotatable bonds is 9. The quantitative estimate of drug-likeness (QED) is 0.541. The SMILES string of the molecule is COc1ccc(NS(=O)(=O)c2cccc(C(=O)NCCS(=O)(=O)N3CCOCC3)c2)cc1. The van der Waals surface area contributed by atoms with Crippen LogP contribution in [0.5, 0.6) is 5.75 Å². The number of nitrogens with zero attached hydrogens (tertiary/aromatic N) is 1. The molecule has 2 N–H and O–H groups in total. The first-order chi connectivity index (χ1) is 15.2. The molecule has 32 heavy (non-hydrogen) atoms. The summed E-state index contributed by atoms with van der Waals surface area (Å²) in [6.07, 6.45) is 0. The Morgan fingerprint density at radius 1 is 1.06 bits per heavy atom. The summed E-state index contributed by atoms with van der Waals surface area (Å²) in [7, 11) is -5.93. The lowest BCUT2D eigenvalue weighted by molar-refractivity contribution is 0.0730. The summed E-state index contributed by atoms with van der Waals surface area (Å²) >= 11 is 0. The maximum absolute atomic E-state index is 12.7. The van der Waals surface area contributed by atoms with E-state index in [0.29, 0.717) is 24.7 Å². The normalized spacial score (nSPS) is 15.2. The second-order valence-corrected chi connectivity index (χ2v) is 10.7. The summed E-state index contributed by atoms with van der Waals surface area (Å²) in [5.74, 6) is -0.235. The number of hydrogen-bond donors (Lipinski definition) is 2. The molecule has 2 aromatic rings. The lowest BCUT2D eigenvalue weighted by Gasteiger charge is -2.26. The van der Waals surface area contributed by atoms with Crippen molar-refractivity contribution in [2.75, 3.05) is 50.4 Å². The minimum atomic E-state index is -3.93. The van der Waals surface area contributed by atoms with Gasteiger partial charge in [0.25, 0.3) is 15.9 Å². The molecular formula is C20H25N3O7S2. The molecule has 2 aromatic carbocycles. The molecule has 1 aliphatic heterocycles. The van der Waals surface area contributed by atoms with Crippen LogP contribution in [0, 0.1) is 0 Å². The van der Waals surface area contributed by atoms with Crippen LogP contribution in [0.4, 0.5) is 5.69 Å². The number of anilines is 1. The van der Waals surface area contributed by atoms with Crippen LogP contribution in [-0.4, -0.2) is 72.8 Å². The Morgan fingerprint density at radius 3 is 2.41 bits per heavy atom. The number of nitrogens with one attached hydrogen (secondary N) is 2. The molecule has 0 unspecified atom stereocenters. The Labute approximate surface area is 187 Å². The minimum Gasteiger partial charge on any atom is -0.497 e. The van der Waals surface area contributed by atoms with Crippen molar-refractivity contribution in [2.24, 2.45) is 0 Å². The largest absolute Gasteiger partial charge is 0.497 e. The standard InChI is InChI=1S/C20H25N3O7S2/c1-29-18-7-5-17(6-8-18)22-32(27,28)19-4-2-3-16(15-19)20(24)21-9-14-31(25,26)23-10-12-30-13-11-23/h2-8,15,22H,9-14H2,1H3,(H,21,24). The number of benzene rings is 2. The van der Waals surface area contributed by atoms with Crippen molar-refractivity contribution in [1.29, 1.82) is 0 Å². The predicted octanol–water partition coefficient (Wildman–Crippen LogP) is 0.888. The number of methoxy groups -OCH3 is 1. The van der Waals surface area contributed by atoms with E-state index >= 15 is 0 Å². The van der Waals surface area contributed by atoms with E-state index in [4.69, 9.17) is 9.47 Å². The van der Waals surface area contributed by atoms with Gasteiger partial charge in [-0.15, -0.1) is 0 Å². The van der Waals surface area contributed by atoms with Gasteiger partial charge in [-0.05, 0) is 42.5 Å². The summed E-state index contributed by atoms with van der Waals surface area (Å²) in [5, 5.41) is 2.53. The number of sulfonamides is 2. The second-order valence-electron chi connectivity index (χ2n) is 6.95. The topological polar surface area (TPSA) is 131 Å². The molecular weight excluding hydrogens is 458 g/mol. The average Bonchev–Trinajstić information content (AvgIpc) is 2.80. The molecule has 174 valence electrons. The molecule has 0 spiro atoms. The van der Waals surface area contributed by atoms with Crippen LogP contribution < -0.4 is 14.8 Å². The maximum atomic E-state index is 12.7. The van der Waals surface area contributed by atoms with Gasteiger partial charge in [-0.25, -0.2) is 16.8 Å². The summed E-state index contributed by atoms with van der Waals surface area (Å²) < 4.78 is 64.0. The van der Waals surface area contributed by atoms with Gasteiger partial charge in [-0.2, -0.15) is 4.31 Å². The highest BCUT2D eigenvalue weighted by Gasteiger charge is 2.24. The van der Waals surface area contributed by atoms with Crippen molar-refractivity contribution in [1.82, 2.24) is 9.62 Å². The van der Waals surface area contributed by atoms with Crippen molar-refractivity contribution < 1.29 is 31.1 Å². The molecule has 0 aliphatic carbocycles. The molecule has 10 nitrogen and oxygen atoms in total. The van der Waals surface area contributed by atoms with Crippen LogP contribution >= 0.6 is 0 Å². The van der Waals surface area contributed by atoms with Crippen molar-refractivity contribution in [3.05, 3.63) is 54.1 Å². The van der Waals surface area contributed by atoms with Crippen LogP contribution in [0.15, 0.2) is 53.4 Å². The molecule has 1 heterocycles. The number of hydrogen-bond acceptors (Lipinski definition) is 7. The van der Waals surface area contributed by atoms with E-state index in [1.54, 1.807) is 24.3 Å². The Hall–Kier alpha value is -2.67. The highest BCUT2D eigenvalue weighted by Crippen LogP contribution is 2.20. The molecule has 3 rings (SSSR count). The van der Waals surface area contributed by atoms with E-state index in [1.807, 2.05) is 0 Å². The van der Waals surface area contributed by atoms with Gasteiger partial charge >= 0.3 is 0 Å². The minimum absolute atomic E-state index is 0.0955. The van der Waals surface area contributed by atoms with Crippen LogP contribution in [-0.2, 0) is 24.8 Å². The first kappa shape index (κ1) is 24.0. The molecule has 1 aliphatic rings. The van der Waals surface area contributed by atoms with Crippen molar-refractivity contribution >= 4 is 31.6 Å². The van der Waals surface area contributed by atoms with Crippen molar-refractivity contribution in [2.45, 2.75) is 4.90 Å². The van der Waals surface area contributed by atoms with E-state index in [9.17, 15) is 21.6 Å². The van der Waals surface area contributed by atoms with Crippen molar-refractivity contribution in [3.8, 4) is 5.75 Å². The molecule has 0 atom stereocenters. The zero-order chi connectivity index (χ0) is 23.2. The molecule has 0 saturated carbocycles. The summed E-state index contributed by atoms with van der Waals surface area (Å²) in [5.41, 5.74) is 0.445. The fourth-order valence-electron chi connectivity index (χ4n) is 3.03. The van der Waals surface area contributed by atoms with Gasteiger partial charge in [0.15, 0.2) is 0 Å². The highest BCUT2D eigenvalue weighted by atomic mass is 32.2. The second kappa shape index (κ2) is 10.3. The maximum Gasteiger partial charge on any atom is 0.261 e. The fourth-order valence-corrected chi connectivity index (χ4v) is 5.45. The Morgan fingerprint density at radius 2 is 1.75 bits per heavy atom.